The van der Waals surface area contributed by atoms with Crippen molar-refractivity contribution in [3.63, 3.8) is 0 Å². The zero-order valence-electron chi connectivity index (χ0n) is 16.6. The number of aryl methyl sites for hydroxylation is 1. The van der Waals surface area contributed by atoms with Crippen molar-refractivity contribution in [3.8, 4) is 17.3 Å². The Balaban J connectivity index is 1.74. The van der Waals surface area contributed by atoms with Gasteiger partial charge in [-0.1, -0.05) is 5.21 Å². The zero-order chi connectivity index (χ0) is 22.4. The fourth-order valence-electron chi connectivity index (χ4n) is 2.46. The van der Waals surface area contributed by atoms with Crippen molar-refractivity contribution in [1.82, 2.24) is 30.7 Å². The molecule has 0 aliphatic heterocycles. The van der Waals surface area contributed by atoms with Gasteiger partial charge in [-0.2, -0.15) is 9.78 Å². The lowest BCUT2D eigenvalue weighted by molar-refractivity contribution is -0.119. The molecule has 0 spiro atoms. The summed E-state index contributed by atoms with van der Waals surface area (Å²) in [4.78, 5) is 23.5. The summed E-state index contributed by atoms with van der Waals surface area (Å²) in [6.07, 6.45) is 1.40. The Hall–Kier alpha value is -4.49. The number of nitrogens with two attached hydrogens (primary N) is 2. The molecular weight excluding hydrogens is 410 g/mol. The molecule has 2 heterocycles. The second-order valence-corrected chi connectivity index (χ2v) is 6.00. The van der Waals surface area contributed by atoms with Crippen LogP contribution in [0.3, 0.4) is 0 Å². The van der Waals surface area contributed by atoms with E-state index in [1.54, 1.807) is 32.0 Å². The van der Waals surface area contributed by atoms with E-state index in [0.29, 0.717) is 29.4 Å². The summed E-state index contributed by atoms with van der Waals surface area (Å²) in [5, 5.41) is 18.7. The summed E-state index contributed by atoms with van der Waals surface area (Å²) >= 11 is 0. The highest BCUT2D eigenvalue weighted by atomic mass is 16.6. The predicted octanol–water partition coefficient (Wildman–Crippen LogP) is -0.432. The number of anilines is 1. The van der Waals surface area contributed by atoms with Crippen LogP contribution in [0.15, 0.2) is 27.9 Å². The van der Waals surface area contributed by atoms with E-state index in [1.807, 2.05) is 0 Å². The van der Waals surface area contributed by atoms with Gasteiger partial charge < -0.3 is 20.9 Å². The number of aromatic nitrogens is 5. The summed E-state index contributed by atoms with van der Waals surface area (Å²) in [6, 6.07) is 4.89. The number of hydrazone groups is 1. The summed E-state index contributed by atoms with van der Waals surface area (Å²) in [5.41, 5.74) is 14.1. The Kier molecular flexibility index (Phi) is 6.39. The van der Waals surface area contributed by atoms with Crippen LogP contribution >= 0.6 is 0 Å². The van der Waals surface area contributed by atoms with Crippen LogP contribution in [0.2, 0.25) is 0 Å². The third-order valence-corrected chi connectivity index (χ3v) is 3.77. The number of amides is 2. The van der Waals surface area contributed by atoms with Crippen LogP contribution in [0.25, 0.3) is 5.82 Å². The molecule has 2 aromatic heterocycles. The van der Waals surface area contributed by atoms with Crippen molar-refractivity contribution in [2.75, 3.05) is 18.9 Å². The second kappa shape index (κ2) is 9.34. The number of rotatable bonds is 9. The summed E-state index contributed by atoms with van der Waals surface area (Å²) in [5.74, 6) is -0.486. The van der Waals surface area contributed by atoms with Gasteiger partial charge in [0.15, 0.2) is 23.8 Å². The Labute approximate surface area is 175 Å². The van der Waals surface area contributed by atoms with Gasteiger partial charge in [0.05, 0.1) is 18.5 Å². The first-order chi connectivity index (χ1) is 14.9. The number of hydrogen-bond acceptors (Lipinski definition) is 11. The van der Waals surface area contributed by atoms with Gasteiger partial charge in [0.25, 0.3) is 11.8 Å². The number of nitrogens with one attached hydrogen (secondary N) is 1. The van der Waals surface area contributed by atoms with Gasteiger partial charge >= 0.3 is 0 Å². The van der Waals surface area contributed by atoms with Crippen molar-refractivity contribution < 1.29 is 23.7 Å². The van der Waals surface area contributed by atoms with Crippen LogP contribution in [0.4, 0.5) is 5.82 Å². The number of carbonyl (C=O) groups is 2. The lowest BCUT2D eigenvalue weighted by Gasteiger charge is -2.11. The van der Waals surface area contributed by atoms with Crippen LogP contribution < -0.4 is 26.4 Å². The van der Waals surface area contributed by atoms with Crippen LogP contribution in [-0.2, 0) is 4.79 Å². The highest BCUT2D eigenvalue weighted by Crippen LogP contribution is 2.28. The van der Waals surface area contributed by atoms with E-state index in [4.69, 9.17) is 20.9 Å². The minimum Gasteiger partial charge on any atom is -0.490 e. The van der Waals surface area contributed by atoms with Crippen LogP contribution in [0.5, 0.6) is 11.5 Å². The van der Waals surface area contributed by atoms with Crippen LogP contribution in [0, 0.1) is 6.92 Å². The molecule has 0 bridgehead atoms. The first-order valence-corrected chi connectivity index (χ1v) is 8.92. The molecule has 1 aromatic carbocycles. The zero-order valence-corrected chi connectivity index (χ0v) is 16.6. The number of primary amides is 1. The average Bonchev–Trinajstić information content (AvgIpc) is 3.32. The average molecular weight is 429 g/mol. The maximum atomic E-state index is 12.6. The molecule has 0 saturated carbocycles. The highest BCUT2D eigenvalue weighted by molar-refractivity contribution is 5.94. The molecule has 162 valence electrons. The van der Waals surface area contributed by atoms with E-state index >= 15 is 0 Å². The summed E-state index contributed by atoms with van der Waals surface area (Å²) < 4.78 is 16.4. The van der Waals surface area contributed by atoms with Gasteiger partial charge in [-0.05, 0) is 47.9 Å². The number of ether oxygens (including phenoxy) is 2. The van der Waals surface area contributed by atoms with Crippen molar-refractivity contribution in [1.29, 1.82) is 0 Å². The SMILES string of the molecule is CCOc1cc(C=NNC(=O)c2c(C)nnn2-c2nonc2N)ccc1OCC(N)=O. The molecule has 14 heteroatoms. The number of hydrogen-bond donors (Lipinski definition) is 3. The van der Waals surface area contributed by atoms with Gasteiger partial charge in [-0.3, -0.25) is 9.59 Å². The standard InChI is InChI=1S/C17H19N9O5/c1-3-29-12-6-10(4-5-11(12)30-8-13(18)27)7-20-22-17(28)14-9(2)21-25-26(14)16-15(19)23-31-24-16/h4-7H,3,8H2,1-2H3,(H2,18,27)(H2,19,23)(H,22,28). The van der Waals surface area contributed by atoms with E-state index in [2.05, 4.69) is 35.8 Å². The molecule has 2 amide bonds. The van der Waals surface area contributed by atoms with Crippen molar-refractivity contribution in [2.24, 2.45) is 10.8 Å². The Bertz CT molecular complexity index is 1120. The smallest absolute Gasteiger partial charge is 0.292 e. The first kappa shape index (κ1) is 21.2. The van der Waals surface area contributed by atoms with Gasteiger partial charge in [-0.15, -0.1) is 5.10 Å². The van der Waals surface area contributed by atoms with Gasteiger partial charge in [0.2, 0.25) is 11.6 Å². The first-order valence-electron chi connectivity index (χ1n) is 8.92. The molecule has 0 saturated heterocycles. The fraction of sp³-hybridized carbons (Fsp3) is 0.235. The quantitative estimate of drug-likeness (QED) is 0.296. The van der Waals surface area contributed by atoms with E-state index < -0.39 is 11.8 Å². The number of benzene rings is 1. The number of nitrogens with zero attached hydrogens (tertiary/aromatic N) is 6. The Morgan fingerprint density at radius 2 is 2.10 bits per heavy atom. The fourth-order valence-corrected chi connectivity index (χ4v) is 2.46. The van der Waals surface area contributed by atoms with Crippen molar-refractivity contribution in [2.45, 2.75) is 13.8 Å². The summed E-state index contributed by atoms with van der Waals surface area (Å²) in [7, 11) is 0. The van der Waals surface area contributed by atoms with Crippen LogP contribution in [-0.4, -0.2) is 56.5 Å². The van der Waals surface area contributed by atoms with Crippen LogP contribution in [0.1, 0.15) is 28.7 Å². The molecule has 0 unspecified atom stereocenters. The lowest BCUT2D eigenvalue weighted by Crippen LogP contribution is -2.22. The molecular formula is C17H19N9O5. The molecule has 14 nitrogen and oxygen atoms in total. The molecule has 5 N–H and O–H groups in total. The molecule has 0 atom stereocenters. The van der Waals surface area contributed by atoms with E-state index in [1.165, 1.54) is 6.21 Å². The normalized spacial score (nSPS) is 10.9. The molecule has 0 aliphatic rings. The molecule has 3 rings (SSSR count). The maximum absolute atomic E-state index is 12.6. The third kappa shape index (κ3) is 4.92. The van der Waals surface area contributed by atoms with Gasteiger partial charge in [-0.25, -0.2) is 10.1 Å². The van der Waals surface area contributed by atoms with Crippen molar-refractivity contribution in [3.05, 3.63) is 35.2 Å². The molecule has 0 radical (unpaired) electrons. The maximum Gasteiger partial charge on any atom is 0.292 e. The number of carbonyl (C=O) groups excluding carboxylic acids is 2. The van der Waals surface area contributed by atoms with Gasteiger partial charge in [0.1, 0.15) is 0 Å². The van der Waals surface area contributed by atoms with E-state index in [-0.39, 0.29) is 23.9 Å². The summed E-state index contributed by atoms with van der Waals surface area (Å²) in [6.45, 7) is 3.48. The number of nitrogen functional groups attached to an aromatic ring is 1. The topological polar surface area (TPSA) is 199 Å². The lowest BCUT2D eigenvalue weighted by atomic mass is 10.2. The highest BCUT2D eigenvalue weighted by Gasteiger charge is 2.22. The molecule has 3 aromatic rings. The minimum atomic E-state index is -0.608. The molecule has 0 aliphatic carbocycles. The second-order valence-electron chi connectivity index (χ2n) is 6.00. The minimum absolute atomic E-state index is 0.0302. The largest absolute Gasteiger partial charge is 0.490 e. The Morgan fingerprint density at radius 3 is 2.77 bits per heavy atom. The van der Waals surface area contributed by atoms with Crippen molar-refractivity contribution >= 4 is 23.8 Å². The monoisotopic (exact) mass is 429 g/mol. The van der Waals surface area contributed by atoms with Gasteiger partial charge in [0, 0.05) is 0 Å². The Morgan fingerprint density at radius 1 is 1.29 bits per heavy atom. The molecule has 0 fully saturated rings. The molecule has 31 heavy (non-hydrogen) atoms. The van der Waals surface area contributed by atoms with E-state index in [9.17, 15) is 9.59 Å². The van der Waals surface area contributed by atoms with E-state index in [0.717, 1.165) is 4.68 Å². The predicted molar refractivity (Wildman–Crippen MR) is 106 cm³/mol. The third-order valence-electron chi connectivity index (χ3n) is 3.77.